The van der Waals surface area contributed by atoms with E-state index in [9.17, 15) is 4.79 Å². The van der Waals surface area contributed by atoms with Crippen LogP contribution in [0.4, 0.5) is 0 Å². The van der Waals surface area contributed by atoms with E-state index in [1.54, 1.807) is 7.05 Å². The molecule has 0 fully saturated rings. The molecule has 0 saturated heterocycles. The first-order chi connectivity index (χ1) is 7.81. The molecule has 2 aromatic rings. The van der Waals surface area contributed by atoms with Gasteiger partial charge in [-0.15, -0.1) is 0 Å². The number of hydrogen-bond donors (Lipinski definition) is 2. The van der Waals surface area contributed by atoms with Crippen LogP contribution in [0.1, 0.15) is 5.56 Å². The maximum Gasteiger partial charge on any atom is 0.233 e. The molecule has 0 aliphatic rings. The predicted octanol–water partition coefficient (Wildman–Crippen LogP) is 0.170. The Hall–Kier alpha value is -1.88. The number of fused-ring (bicyclic) bond motifs is 1. The molecule has 5 heteroatoms. The van der Waals surface area contributed by atoms with E-state index >= 15 is 0 Å². The van der Waals surface area contributed by atoms with Crippen LogP contribution in [0.25, 0.3) is 5.52 Å². The Morgan fingerprint density at radius 1 is 1.50 bits per heavy atom. The van der Waals surface area contributed by atoms with Gasteiger partial charge in [0.25, 0.3) is 0 Å². The van der Waals surface area contributed by atoms with Crippen LogP contribution >= 0.6 is 0 Å². The minimum Gasteiger partial charge on any atom is -0.358 e. The second-order valence-electron chi connectivity index (χ2n) is 3.48. The molecular formula is C11H14N4O. The van der Waals surface area contributed by atoms with Gasteiger partial charge in [0, 0.05) is 25.4 Å². The van der Waals surface area contributed by atoms with Gasteiger partial charge in [0.1, 0.15) is 0 Å². The number of pyridine rings is 1. The van der Waals surface area contributed by atoms with Crippen LogP contribution in [0.2, 0.25) is 0 Å². The molecule has 84 valence electrons. The Kier molecular flexibility index (Phi) is 3.16. The van der Waals surface area contributed by atoms with Crippen LogP contribution < -0.4 is 10.6 Å². The Labute approximate surface area is 93.5 Å². The third kappa shape index (κ3) is 2.20. The van der Waals surface area contributed by atoms with E-state index in [1.807, 2.05) is 35.1 Å². The van der Waals surface area contributed by atoms with Crippen LogP contribution in [0.5, 0.6) is 0 Å². The van der Waals surface area contributed by atoms with Gasteiger partial charge in [0.15, 0.2) is 0 Å². The molecule has 0 aromatic carbocycles. The molecule has 2 heterocycles. The van der Waals surface area contributed by atoms with E-state index in [4.69, 9.17) is 0 Å². The average molecular weight is 218 g/mol. The lowest BCUT2D eigenvalue weighted by atomic mass is 10.2. The van der Waals surface area contributed by atoms with Crippen molar-refractivity contribution >= 4 is 11.4 Å². The first-order valence-electron chi connectivity index (χ1n) is 5.14. The van der Waals surface area contributed by atoms with Crippen molar-refractivity contribution < 1.29 is 4.79 Å². The molecule has 1 amide bonds. The smallest absolute Gasteiger partial charge is 0.233 e. The Bertz CT molecular complexity index is 491. The number of aromatic nitrogens is 2. The van der Waals surface area contributed by atoms with E-state index in [0.717, 1.165) is 11.1 Å². The Morgan fingerprint density at radius 2 is 2.38 bits per heavy atom. The number of carbonyl (C=O) groups is 1. The summed E-state index contributed by atoms with van der Waals surface area (Å²) >= 11 is 0. The summed E-state index contributed by atoms with van der Waals surface area (Å²) in [5.74, 6) is -0.0172. The summed E-state index contributed by atoms with van der Waals surface area (Å²) in [6.45, 7) is 0.960. The number of rotatable bonds is 4. The van der Waals surface area contributed by atoms with Crippen LogP contribution in [0, 0.1) is 0 Å². The van der Waals surface area contributed by atoms with Gasteiger partial charge in [-0.3, -0.25) is 4.79 Å². The summed E-state index contributed by atoms with van der Waals surface area (Å²) in [6, 6.07) is 5.91. The number of likely N-dealkylation sites (N-methyl/N-ethyl adjacent to an activating group) is 1. The van der Waals surface area contributed by atoms with E-state index < -0.39 is 0 Å². The van der Waals surface area contributed by atoms with Crippen molar-refractivity contribution in [3.8, 4) is 0 Å². The van der Waals surface area contributed by atoms with Crippen molar-refractivity contribution in [1.82, 2.24) is 20.2 Å². The average Bonchev–Trinajstić information content (AvgIpc) is 2.73. The highest BCUT2D eigenvalue weighted by Crippen LogP contribution is 2.08. The molecular weight excluding hydrogens is 204 g/mol. The van der Waals surface area contributed by atoms with Gasteiger partial charge in [0.05, 0.1) is 18.3 Å². The maximum atomic E-state index is 11.0. The van der Waals surface area contributed by atoms with Crippen LogP contribution in [0.15, 0.2) is 30.6 Å². The predicted molar refractivity (Wildman–Crippen MR) is 61.0 cm³/mol. The standard InChI is InChI=1S/C11H14N4O/c1-12-11(16)8-13-6-9-7-14-15-5-3-2-4-10(9)15/h2-5,7,13H,6,8H2,1H3,(H,12,16). The molecule has 5 nitrogen and oxygen atoms in total. The summed E-state index contributed by atoms with van der Waals surface area (Å²) in [5, 5.41) is 9.84. The van der Waals surface area contributed by atoms with E-state index in [1.165, 1.54) is 0 Å². The third-order valence-electron chi connectivity index (χ3n) is 2.39. The Balaban J connectivity index is 2.02. The second kappa shape index (κ2) is 4.76. The summed E-state index contributed by atoms with van der Waals surface area (Å²) in [7, 11) is 1.62. The lowest BCUT2D eigenvalue weighted by Crippen LogP contribution is -2.30. The SMILES string of the molecule is CNC(=O)CNCc1cnn2ccccc12. The van der Waals surface area contributed by atoms with E-state index in [0.29, 0.717) is 13.1 Å². The van der Waals surface area contributed by atoms with Crippen molar-refractivity contribution in [3.05, 3.63) is 36.2 Å². The minimum absolute atomic E-state index is 0.0172. The first kappa shape index (κ1) is 10.6. The molecule has 0 unspecified atom stereocenters. The zero-order valence-electron chi connectivity index (χ0n) is 9.10. The number of nitrogens with zero attached hydrogens (tertiary/aromatic N) is 2. The van der Waals surface area contributed by atoms with Crippen LogP contribution in [0.3, 0.4) is 0 Å². The fourth-order valence-corrected chi connectivity index (χ4v) is 1.52. The van der Waals surface area contributed by atoms with Crippen molar-refractivity contribution in [3.63, 3.8) is 0 Å². The molecule has 2 aromatic heterocycles. The molecule has 0 spiro atoms. The van der Waals surface area contributed by atoms with Gasteiger partial charge in [-0.1, -0.05) is 6.07 Å². The number of hydrogen-bond acceptors (Lipinski definition) is 3. The summed E-state index contributed by atoms with van der Waals surface area (Å²) in [4.78, 5) is 11.0. The van der Waals surface area contributed by atoms with Gasteiger partial charge in [0.2, 0.25) is 5.91 Å². The largest absolute Gasteiger partial charge is 0.358 e. The molecule has 2 N–H and O–H groups in total. The van der Waals surface area contributed by atoms with Gasteiger partial charge in [-0.25, -0.2) is 4.52 Å². The Morgan fingerprint density at radius 3 is 3.19 bits per heavy atom. The fraction of sp³-hybridized carbons (Fsp3) is 0.273. The molecule has 16 heavy (non-hydrogen) atoms. The molecule has 0 bridgehead atoms. The van der Waals surface area contributed by atoms with Gasteiger partial charge < -0.3 is 10.6 Å². The topological polar surface area (TPSA) is 58.4 Å². The highest BCUT2D eigenvalue weighted by atomic mass is 16.1. The van der Waals surface area contributed by atoms with Crippen molar-refractivity contribution in [2.24, 2.45) is 0 Å². The molecule has 0 saturated carbocycles. The van der Waals surface area contributed by atoms with Gasteiger partial charge in [-0.05, 0) is 12.1 Å². The zero-order valence-corrected chi connectivity index (χ0v) is 9.10. The molecule has 0 atom stereocenters. The fourth-order valence-electron chi connectivity index (χ4n) is 1.52. The number of carbonyl (C=O) groups excluding carboxylic acids is 1. The summed E-state index contributed by atoms with van der Waals surface area (Å²) in [5.41, 5.74) is 2.15. The second-order valence-corrected chi connectivity index (χ2v) is 3.48. The lowest BCUT2D eigenvalue weighted by molar-refractivity contribution is -0.119. The third-order valence-corrected chi connectivity index (χ3v) is 2.39. The van der Waals surface area contributed by atoms with Crippen LogP contribution in [-0.4, -0.2) is 29.1 Å². The van der Waals surface area contributed by atoms with Gasteiger partial charge in [-0.2, -0.15) is 5.10 Å². The van der Waals surface area contributed by atoms with E-state index in [2.05, 4.69) is 15.7 Å². The quantitative estimate of drug-likeness (QED) is 0.769. The zero-order chi connectivity index (χ0) is 11.4. The van der Waals surface area contributed by atoms with E-state index in [-0.39, 0.29) is 5.91 Å². The number of nitrogens with one attached hydrogen (secondary N) is 2. The highest BCUT2D eigenvalue weighted by molar-refractivity contribution is 5.77. The molecule has 0 aliphatic heterocycles. The minimum atomic E-state index is -0.0172. The normalized spacial score (nSPS) is 10.6. The van der Waals surface area contributed by atoms with Crippen molar-refractivity contribution in [2.45, 2.75) is 6.54 Å². The van der Waals surface area contributed by atoms with Crippen LogP contribution in [-0.2, 0) is 11.3 Å². The maximum absolute atomic E-state index is 11.0. The number of amides is 1. The van der Waals surface area contributed by atoms with Crippen molar-refractivity contribution in [2.75, 3.05) is 13.6 Å². The monoisotopic (exact) mass is 218 g/mol. The molecule has 0 radical (unpaired) electrons. The highest BCUT2D eigenvalue weighted by Gasteiger charge is 2.03. The van der Waals surface area contributed by atoms with Crippen molar-refractivity contribution in [1.29, 1.82) is 0 Å². The summed E-state index contributed by atoms with van der Waals surface area (Å²) < 4.78 is 1.82. The summed E-state index contributed by atoms with van der Waals surface area (Å²) in [6.07, 6.45) is 3.71. The lowest BCUT2D eigenvalue weighted by Gasteiger charge is -2.02. The molecule has 2 rings (SSSR count). The molecule has 0 aliphatic carbocycles. The van der Waals surface area contributed by atoms with Gasteiger partial charge >= 0.3 is 0 Å². The first-order valence-corrected chi connectivity index (χ1v) is 5.14.